The number of hydrogen-bond acceptors (Lipinski definition) is 5. The molecule has 1 saturated carbocycles. The Labute approximate surface area is 135 Å². The zero-order valence-corrected chi connectivity index (χ0v) is 13.9. The van der Waals surface area contributed by atoms with Gasteiger partial charge in [-0.3, -0.25) is 0 Å². The van der Waals surface area contributed by atoms with Gasteiger partial charge in [-0.1, -0.05) is 12.8 Å². The van der Waals surface area contributed by atoms with Crippen LogP contribution in [0.1, 0.15) is 25.7 Å². The van der Waals surface area contributed by atoms with Crippen LogP contribution in [0.4, 0.5) is 4.39 Å². The second kappa shape index (κ2) is 7.57. The SMILES string of the molecule is COc1ccc(F)cc1S(=O)(=O)NCC1(OCCO)CCCC1. The molecule has 6 nitrogen and oxygen atoms in total. The van der Waals surface area contributed by atoms with E-state index >= 15 is 0 Å². The van der Waals surface area contributed by atoms with E-state index in [2.05, 4.69) is 4.72 Å². The second-order valence-corrected chi connectivity index (χ2v) is 7.32. The lowest BCUT2D eigenvalue weighted by molar-refractivity contribution is -0.0492. The highest BCUT2D eigenvalue weighted by Crippen LogP contribution is 2.33. The molecule has 23 heavy (non-hydrogen) atoms. The molecular weight excluding hydrogens is 325 g/mol. The van der Waals surface area contributed by atoms with Gasteiger partial charge in [-0.05, 0) is 31.0 Å². The van der Waals surface area contributed by atoms with Gasteiger partial charge in [0.05, 0.1) is 25.9 Å². The van der Waals surface area contributed by atoms with E-state index in [4.69, 9.17) is 14.6 Å². The van der Waals surface area contributed by atoms with E-state index in [-0.39, 0.29) is 30.4 Å². The van der Waals surface area contributed by atoms with E-state index in [9.17, 15) is 12.8 Å². The molecule has 130 valence electrons. The Kier molecular flexibility index (Phi) is 5.96. The van der Waals surface area contributed by atoms with E-state index in [1.807, 2.05) is 0 Å². The summed E-state index contributed by atoms with van der Waals surface area (Å²) in [5.41, 5.74) is -0.615. The molecule has 0 amide bonds. The van der Waals surface area contributed by atoms with Gasteiger partial charge in [0.15, 0.2) is 0 Å². The van der Waals surface area contributed by atoms with Crippen molar-refractivity contribution >= 4 is 10.0 Å². The third-order valence-electron chi connectivity index (χ3n) is 4.01. The lowest BCUT2D eigenvalue weighted by Gasteiger charge is -2.29. The van der Waals surface area contributed by atoms with Gasteiger partial charge < -0.3 is 14.6 Å². The summed E-state index contributed by atoms with van der Waals surface area (Å²) in [6.07, 6.45) is 3.32. The van der Waals surface area contributed by atoms with Crippen LogP contribution >= 0.6 is 0 Å². The Morgan fingerprint density at radius 1 is 1.35 bits per heavy atom. The highest BCUT2D eigenvalue weighted by atomic mass is 32.2. The maximum absolute atomic E-state index is 13.4. The maximum atomic E-state index is 13.4. The molecule has 2 rings (SSSR count). The topological polar surface area (TPSA) is 84.9 Å². The van der Waals surface area contributed by atoms with Crippen LogP contribution < -0.4 is 9.46 Å². The van der Waals surface area contributed by atoms with Crippen LogP contribution in [0.3, 0.4) is 0 Å². The van der Waals surface area contributed by atoms with Gasteiger partial charge in [0.25, 0.3) is 0 Å². The van der Waals surface area contributed by atoms with E-state index in [1.54, 1.807) is 0 Å². The molecule has 1 fully saturated rings. The number of methoxy groups -OCH3 is 1. The summed E-state index contributed by atoms with van der Waals surface area (Å²) in [4.78, 5) is -0.240. The van der Waals surface area contributed by atoms with Crippen molar-refractivity contribution in [1.29, 1.82) is 0 Å². The van der Waals surface area contributed by atoms with E-state index < -0.39 is 21.4 Å². The van der Waals surface area contributed by atoms with Crippen LogP contribution in [0.5, 0.6) is 5.75 Å². The minimum atomic E-state index is -3.93. The largest absolute Gasteiger partial charge is 0.495 e. The van der Waals surface area contributed by atoms with Crippen molar-refractivity contribution in [3.8, 4) is 5.75 Å². The molecule has 1 aromatic rings. The number of aliphatic hydroxyl groups excluding tert-OH is 1. The number of ether oxygens (including phenoxy) is 2. The highest BCUT2D eigenvalue weighted by molar-refractivity contribution is 7.89. The number of nitrogens with one attached hydrogen (secondary N) is 1. The van der Waals surface area contributed by atoms with Crippen LogP contribution in [-0.2, 0) is 14.8 Å². The summed E-state index contributed by atoms with van der Waals surface area (Å²) in [5.74, 6) is -0.575. The summed E-state index contributed by atoms with van der Waals surface area (Å²) in [5, 5.41) is 8.92. The Morgan fingerprint density at radius 2 is 2.04 bits per heavy atom. The molecule has 0 aromatic heterocycles. The van der Waals surface area contributed by atoms with E-state index in [1.165, 1.54) is 13.2 Å². The predicted molar refractivity (Wildman–Crippen MR) is 82.4 cm³/mol. The van der Waals surface area contributed by atoms with Gasteiger partial charge in [-0.2, -0.15) is 0 Å². The number of benzene rings is 1. The Morgan fingerprint density at radius 3 is 2.65 bits per heavy atom. The van der Waals surface area contributed by atoms with E-state index in [0.29, 0.717) is 0 Å². The molecule has 0 atom stereocenters. The minimum Gasteiger partial charge on any atom is -0.495 e. The van der Waals surface area contributed by atoms with Crippen molar-refractivity contribution in [3.05, 3.63) is 24.0 Å². The molecular formula is C15H22FNO5S. The number of aliphatic hydroxyl groups is 1. The fourth-order valence-corrected chi connectivity index (χ4v) is 4.11. The second-order valence-electron chi connectivity index (χ2n) is 5.58. The summed E-state index contributed by atoms with van der Waals surface area (Å²) < 4.78 is 51.5. The molecule has 0 bridgehead atoms. The predicted octanol–water partition coefficient (Wildman–Crippen LogP) is 1.43. The minimum absolute atomic E-state index is 0.0784. The summed E-state index contributed by atoms with van der Waals surface area (Å²) in [7, 11) is -2.61. The summed E-state index contributed by atoms with van der Waals surface area (Å²) in [6, 6.07) is 3.34. The molecule has 0 heterocycles. The van der Waals surface area contributed by atoms with Crippen molar-refractivity contribution < 1.29 is 27.4 Å². The molecule has 0 saturated heterocycles. The molecule has 1 aliphatic rings. The third kappa shape index (κ3) is 4.41. The molecule has 0 unspecified atom stereocenters. The van der Waals surface area contributed by atoms with Gasteiger partial charge in [-0.25, -0.2) is 17.5 Å². The third-order valence-corrected chi connectivity index (χ3v) is 5.44. The molecule has 2 N–H and O–H groups in total. The zero-order chi connectivity index (χ0) is 16.9. The fourth-order valence-electron chi connectivity index (χ4n) is 2.82. The number of hydrogen-bond donors (Lipinski definition) is 2. The van der Waals surface area contributed by atoms with Crippen molar-refractivity contribution in [2.45, 2.75) is 36.2 Å². The first-order chi connectivity index (χ1) is 10.9. The highest BCUT2D eigenvalue weighted by Gasteiger charge is 2.36. The molecule has 8 heteroatoms. The van der Waals surface area contributed by atoms with Crippen molar-refractivity contribution in [2.24, 2.45) is 0 Å². The quantitative estimate of drug-likeness (QED) is 0.743. The molecule has 1 aromatic carbocycles. The smallest absolute Gasteiger partial charge is 0.244 e. The molecule has 0 aliphatic heterocycles. The van der Waals surface area contributed by atoms with Crippen molar-refractivity contribution in [3.63, 3.8) is 0 Å². The zero-order valence-electron chi connectivity index (χ0n) is 13.0. The van der Waals surface area contributed by atoms with E-state index in [0.717, 1.165) is 37.8 Å². The first-order valence-electron chi connectivity index (χ1n) is 7.50. The van der Waals surface area contributed by atoms with Gasteiger partial charge in [0.1, 0.15) is 16.5 Å². The van der Waals surface area contributed by atoms with Crippen LogP contribution in [0.15, 0.2) is 23.1 Å². The standard InChI is InChI=1S/C15H22FNO5S/c1-21-13-5-4-12(16)10-14(13)23(19,20)17-11-15(22-9-8-18)6-2-3-7-15/h4-5,10,17-18H,2-3,6-9,11H2,1H3. The lowest BCUT2D eigenvalue weighted by Crippen LogP contribution is -2.43. The molecule has 0 radical (unpaired) electrons. The number of halogens is 1. The summed E-state index contributed by atoms with van der Waals surface area (Å²) in [6.45, 7) is 0.117. The molecule has 0 spiro atoms. The Balaban J connectivity index is 2.16. The lowest BCUT2D eigenvalue weighted by atomic mass is 10.0. The first-order valence-corrected chi connectivity index (χ1v) is 8.99. The average molecular weight is 347 g/mol. The van der Waals surface area contributed by atoms with Gasteiger partial charge in [-0.15, -0.1) is 0 Å². The van der Waals surface area contributed by atoms with Crippen molar-refractivity contribution in [1.82, 2.24) is 4.72 Å². The molecule has 1 aliphatic carbocycles. The van der Waals surface area contributed by atoms with Crippen LogP contribution in [0, 0.1) is 5.82 Å². The monoisotopic (exact) mass is 347 g/mol. The van der Waals surface area contributed by atoms with Crippen molar-refractivity contribution in [2.75, 3.05) is 26.9 Å². The number of rotatable bonds is 8. The number of sulfonamides is 1. The maximum Gasteiger partial charge on any atom is 0.244 e. The normalized spacial score (nSPS) is 17.3. The first kappa shape index (κ1) is 18.1. The van der Waals surface area contributed by atoms with Gasteiger partial charge in [0, 0.05) is 6.54 Å². The van der Waals surface area contributed by atoms with Gasteiger partial charge in [0.2, 0.25) is 10.0 Å². The van der Waals surface area contributed by atoms with Crippen LogP contribution in [-0.4, -0.2) is 46.0 Å². The Hall–Kier alpha value is -1.22. The van der Waals surface area contributed by atoms with Crippen LogP contribution in [0.25, 0.3) is 0 Å². The van der Waals surface area contributed by atoms with Gasteiger partial charge >= 0.3 is 0 Å². The summed E-state index contributed by atoms with van der Waals surface area (Å²) >= 11 is 0. The Bertz CT molecular complexity index is 629. The fraction of sp³-hybridized carbons (Fsp3) is 0.600. The average Bonchev–Trinajstić information content (AvgIpc) is 3.00. The van der Waals surface area contributed by atoms with Crippen LogP contribution in [0.2, 0.25) is 0 Å².